The van der Waals surface area contributed by atoms with E-state index in [4.69, 9.17) is 11.6 Å². The molecule has 0 atom stereocenters. The third-order valence-corrected chi connectivity index (χ3v) is 4.46. The molecule has 0 amide bonds. The maximum absolute atomic E-state index is 5.82. The topological polar surface area (TPSA) is 0 Å². The molecule has 2 aromatic rings. The average molecular weight is 342 g/mol. The Morgan fingerprint density at radius 3 is 2.25 bits per heavy atom. The van der Waals surface area contributed by atoms with E-state index in [1.807, 2.05) is 24.3 Å². The van der Waals surface area contributed by atoms with E-state index in [-0.39, 0.29) is 21.2 Å². The highest BCUT2D eigenvalue weighted by Gasteiger charge is 2.04. The number of halogens is 2. The van der Waals surface area contributed by atoms with Gasteiger partial charge in [-0.1, -0.05) is 41.9 Å². The molecule has 0 saturated heterocycles. The first-order valence-corrected chi connectivity index (χ1v) is 7.65. The molecule has 0 spiro atoms. The van der Waals surface area contributed by atoms with Gasteiger partial charge in [0.15, 0.2) is 7.65 Å². The van der Waals surface area contributed by atoms with Crippen LogP contribution in [0.15, 0.2) is 58.7 Å². The predicted molar refractivity (Wildman–Crippen MR) is 65.6 cm³/mol. The first-order chi connectivity index (χ1) is 7.84. The Bertz CT molecular complexity index is 460. The number of hydrogen-bond donors (Lipinski definition) is 0. The van der Waals surface area contributed by atoms with Crippen molar-refractivity contribution < 1.29 is 21.2 Å². The van der Waals surface area contributed by atoms with Crippen LogP contribution in [0.4, 0.5) is 0 Å². The summed E-state index contributed by atoms with van der Waals surface area (Å²) in [5.74, 6) is 0. The molecule has 0 aliphatic heterocycles. The molecule has 2 heteroatoms. The summed E-state index contributed by atoms with van der Waals surface area (Å²) in [6.07, 6.45) is 2.16. The third-order valence-electron chi connectivity index (χ3n) is 2.05. The minimum Gasteiger partial charge on any atom is -0.0843 e. The van der Waals surface area contributed by atoms with Crippen LogP contribution in [0.2, 0.25) is 5.02 Å². The van der Waals surface area contributed by atoms with Crippen molar-refractivity contribution in [1.29, 1.82) is 0 Å². The second-order valence-electron chi connectivity index (χ2n) is 3.25. The summed E-state index contributed by atoms with van der Waals surface area (Å²) in [5.41, 5.74) is 1.21. The van der Waals surface area contributed by atoms with Crippen LogP contribution in [-0.2, 0) is 0 Å². The maximum atomic E-state index is 5.82. The van der Waals surface area contributed by atoms with Gasteiger partial charge in [0.05, 0.1) is 0 Å². The molecule has 0 unspecified atom stereocenters. The fourth-order valence-electron chi connectivity index (χ4n) is 1.24. The molecule has 0 N–H and O–H groups in total. The van der Waals surface area contributed by atoms with E-state index < -0.39 is 0 Å². The molecular formula is C14H11ClI+. The molecule has 2 aromatic carbocycles. The van der Waals surface area contributed by atoms with Crippen molar-refractivity contribution in [2.75, 3.05) is 0 Å². The summed E-state index contributed by atoms with van der Waals surface area (Å²) in [5, 5.41) is 0.787. The van der Waals surface area contributed by atoms with Crippen LogP contribution < -0.4 is 21.2 Å². The van der Waals surface area contributed by atoms with Crippen molar-refractivity contribution in [2.45, 2.75) is 0 Å². The Hall–Kier alpha value is -0.800. The Balaban J connectivity index is 1.98. The lowest BCUT2D eigenvalue weighted by Gasteiger charge is -1.90. The second kappa shape index (κ2) is 6.06. The molecule has 0 radical (unpaired) electrons. The molecule has 0 heterocycles. The minimum atomic E-state index is -0.0205. The van der Waals surface area contributed by atoms with E-state index in [0.29, 0.717) is 0 Å². The van der Waals surface area contributed by atoms with Gasteiger partial charge in [-0.15, -0.1) is 0 Å². The van der Waals surface area contributed by atoms with Gasteiger partial charge in [0.1, 0.15) is 0 Å². The Kier molecular flexibility index (Phi) is 4.43. The van der Waals surface area contributed by atoms with Gasteiger partial charge >= 0.3 is 21.2 Å². The van der Waals surface area contributed by atoms with Gasteiger partial charge in [0.2, 0.25) is 0 Å². The van der Waals surface area contributed by atoms with Crippen LogP contribution in [0.5, 0.6) is 0 Å². The highest BCUT2D eigenvalue weighted by Crippen LogP contribution is 2.09. The zero-order valence-electron chi connectivity index (χ0n) is 8.61. The highest BCUT2D eigenvalue weighted by atomic mass is 127. The van der Waals surface area contributed by atoms with E-state index in [1.165, 1.54) is 9.13 Å². The van der Waals surface area contributed by atoms with Crippen molar-refractivity contribution in [3.63, 3.8) is 0 Å². The van der Waals surface area contributed by atoms with E-state index in [9.17, 15) is 0 Å². The van der Waals surface area contributed by atoms with Crippen molar-refractivity contribution in [2.24, 2.45) is 0 Å². The molecule has 0 aliphatic carbocycles. The van der Waals surface area contributed by atoms with E-state index >= 15 is 0 Å². The molecule has 0 saturated carbocycles. The average Bonchev–Trinajstić information content (AvgIpc) is 2.33. The third kappa shape index (κ3) is 3.65. The van der Waals surface area contributed by atoms with E-state index in [0.717, 1.165) is 5.02 Å². The summed E-state index contributed by atoms with van der Waals surface area (Å²) in [6.45, 7) is 0. The lowest BCUT2D eigenvalue weighted by atomic mass is 10.2. The largest absolute Gasteiger partial charge is 0.349 e. The zero-order chi connectivity index (χ0) is 11.2. The number of hydrogen-bond acceptors (Lipinski definition) is 0. The number of rotatable bonds is 3. The summed E-state index contributed by atoms with van der Waals surface area (Å²) in [4.78, 5) is 0. The number of benzene rings is 2. The van der Waals surface area contributed by atoms with Crippen molar-refractivity contribution in [3.05, 3.63) is 72.8 Å². The Morgan fingerprint density at radius 1 is 0.875 bits per heavy atom. The van der Waals surface area contributed by atoms with Gasteiger partial charge < -0.3 is 0 Å². The fraction of sp³-hybridized carbons (Fsp3) is 0. The highest BCUT2D eigenvalue weighted by molar-refractivity contribution is 6.30. The fourth-order valence-corrected chi connectivity index (χ4v) is 3.20. The van der Waals surface area contributed by atoms with Crippen LogP contribution in [0.1, 0.15) is 5.56 Å². The van der Waals surface area contributed by atoms with Crippen LogP contribution in [-0.4, -0.2) is 0 Å². The quantitative estimate of drug-likeness (QED) is 0.738. The van der Waals surface area contributed by atoms with E-state index in [2.05, 4.69) is 40.5 Å². The standard InChI is InChI=1S/C14H11ClI/c15-13-8-6-12(7-9-13)10-11-16-14-4-2-1-3-5-14/h1-11H/q+1/b11-10+. The minimum absolute atomic E-state index is 0.0205. The smallest absolute Gasteiger partial charge is 0.0843 e. The lowest BCUT2D eigenvalue weighted by molar-refractivity contribution is -0.555. The SMILES string of the molecule is Clc1ccc(/C=C/[I+]c2ccccc2)cc1. The normalized spacial score (nSPS) is 10.8. The van der Waals surface area contributed by atoms with Crippen molar-refractivity contribution in [3.8, 4) is 0 Å². The van der Waals surface area contributed by atoms with Crippen molar-refractivity contribution in [1.82, 2.24) is 0 Å². The molecule has 0 fully saturated rings. The second-order valence-corrected chi connectivity index (χ2v) is 6.27. The molecule has 2 rings (SSSR count). The molecule has 0 nitrogen and oxygen atoms in total. The van der Waals surface area contributed by atoms with Gasteiger partial charge in [0, 0.05) is 5.02 Å². The van der Waals surface area contributed by atoms with Gasteiger partial charge in [-0.3, -0.25) is 0 Å². The lowest BCUT2D eigenvalue weighted by Crippen LogP contribution is -3.59. The summed E-state index contributed by atoms with van der Waals surface area (Å²) < 4.78 is 3.71. The monoisotopic (exact) mass is 341 g/mol. The molecule has 0 aromatic heterocycles. The van der Waals surface area contributed by atoms with Gasteiger partial charge in [-0.05, 0) is 35.9 Å². The first-order valence-electron chi connectivity index (χ1n) is 4.95. The molecule has 0 bridgehead atoms. The zero-order valence-corrected chi connectivity index (χ0v) is 11.5. The van der Waals surface area contributed by atoms with Crippen LogP contribution in [0, 0.1) is 3.57 Å². The molecule has 80 valence electrons. The van der Waals surface area contributed by atoms with Gasteiger partial charge in [-0.25, -0.2) is 0 Å². The van der Waals surface area contributed by atoms with Gasteiger partial charge in [-0.2, -0.15) is 0 Å². The Labute approximate surface area is 111 Å². The molecular weight excluding hydrogens is 331 g/mol. The Morgan fingerprint density at radius 2 is 1.56 bits per heavy atom. The maximum Gasteiger partial charge on any atom is 0.349 e. The van der Waals surface area contributed by atoms with E-state index in [1.54, 1.807) is 0 Å². The summed E-state index contributed by atoms with van der Waals surface area (Å²) in [6, 6.07) is 18.5. The van der Waals surface area contributed by atoms with Crippen LogP contribution in [0.3, 0.4) is 0 Å². The summed E-state index contributed by atoms with van der Waals surface area (Å²) >= 11 is 5.80. The van der Waals surface area contributed by atoms with Crippen LogP contribution >= 0.6 is 11.6 Å². The molecule has 0 aliphatic rings. The predicted octanol–water partition coefficient (Wildman–Crippen LogP) is 1.27. The van der Waals surface area contributed by atoms with Crippen LogP contribution in [0.25, 0.3) is 6.08 Å². The molecule has 16 heavy (non-hydrogen) atoms. The first kappa shape index (κ1) is 11.7. The van der Waals surface area contributed by atoms with Crippen molar-refractivity contribution >= 4 is 17.7 Å². The summed E-state index contributed by atoms with van der Waals surface area (Å²) in [7, 11) is 0. The van der Waals surface area contributed by atoms with Gasteiger partial charge in [0.25, 0.3) is 0 Å².